The molecular formula is C8H18O2. The number of hydrogen-bond donors (Lipinski definition) is 2. The van der Waals surface area contributed by atoms with Crippen LogP contribution >= 0.6 is 0 Å². The average Bonchev–Trinajstić information content (AvgIpc) is 1.82. The molecule has 0 rings (SSSR count). The molecule has 2 N–H and O–H groups in total. The molecule has 62 valence electrons. The number of rotatable bonds is 5. The number of aliphatic hydroxyl groups is 2. The van der Waals surface area contributed by atoms with Gasteiger partial charge in [0.1, 0.15) is 0 Å². The Kier molecular flexibility index (Phi) is 5.64. The molecule has 2 unspecified atom stereocenters. The molecule has 0 aromatic carbocycles. The molecule has 0 saturated heterocycles. The molecule has 0 aliphatic carbocycles. The molecule has 0 spiro atoms. The van der Waals surface area contributed by atoms with E-state index in [1.807, 2.05) is 0 Å². The molecule has 0 amide bonds. The molecule has 10 heavy (non-hydrogen) atoms. The van der Waals surface area contributed by atoms with Crippen molar-refractivity contribution in [3.63, 3.8) is 0 Å². The van der Waals surface area contributed by atoms with Crippen LogP contribution < -0.4 is 0 Å². The largest absolute Gasteiger partial charge is 0.393 e. The molecule has 2 nitrogen and oxygen atoms in total. The summed E-state index contributed by atoms with van der Waals surface area (Å²) in [7, 11) is 0. The minimum absolute atomic E-state index is 0.306. The lowest BCUT2D eigenvalue weighted by Crippen LogP contribution is -2.14. The number of aliphatic hydroxyl groups excluding tert-OH is 2. The summed E-state index contributed by atoms with van der Waals surface area (Å²) in [5, 5.41) is 18.1. The predicted molar refractivity (Wildman–Crippen MR) is 41.8 cm³/mol. The zero-order valence-corrected chi connectivity index (χ0v) is 6.88. The molecule has 0 radical (unpaired) electrons. The van der Waals surface area contributed by atoms with Gasteiger partial charge in [-0.15, -0.1) is 0 Å². The second-order valence-corrected chi connectivity index (χ2v) is 2.88. The Hall–Kier alpha value is -0.0800. The van der Waals surface area contributed by atoms with Crippen LogP contribution in [0.1, 0.15) is 39.5 Å². The van der Waals surface area contributed by atoms with Gasteiger partial charge in [-0.1, -0.05) is 19.8 Å². The van der Waals surface area contributed by atoms with Crippen molar-refractivity contribution >= 4 is 0 Å². The Morgan fingerprint density at radius 3 is 2.30 bits per heavy atom. The van der Waals surface area contributed by atoms with E-state index < -0.39 is 0 Å². The zero-order valence-electron chi connectivity index (χ0n) is 6.88. The summed E-state index contributed by atoms with van der Waals surface area (Å²) >= 11 is 0. The van der Waals surface area contributed by atoms with Crippen molar-refractivity contribution in [2.45, 2.75) is 51.7 Å². The topological polar surface area (TPSA) is 40.5 Å². The lowest BCUT2D eigenvalue weighted by molar-refractivity contribution is 0.0838. The Balaban J connectivity index is 3.16. The van der Waals surface area contributed by atoms with Crippen molar-refractivity contribution in [2.24, 2.45) is 0 Å². The van der Waals surface area contributed by atoms with Crippen LogP contribution in [0.5, 0.6) is 0 Å². The predicted octanol–water partition coefficient (Wildman–Crippen LogP) is 1.31. The molecule has 0 aromatic rings. The fourth-order valence-electron chi connectivity index (χ4n) is 0.951. The first-order chi connectivity index (χ1) is 4.66. The summed E-state index contributed by atoms with van der Waals surface area (Å²) in [6, 6.07) is 0. The molecular weight excluding hydrogens is 128 g/mol. The summed E-state index contributed by atoms with van der Waals surface area (Å²) in [5.74, 6) is 0. The Bertz CT molecular complexity index is 71.7. The van der Waals surface area contributed by atoms with Gasteiger partial charge in [0.15, 0.2) is 0 Å². The van der Waals surface area contributed by atoms with E-state index in [2.05, 4.69) is 6.92 Å². The SMILES string of the molecule is CCCCC(O)CC(C)O. The highest BCUT2D eigenvalue weighted by molar-refractivity contribution is 4.58. The summed E-state index contributed by atoms with van der Waals surface area (Å²) in [6.07, 6.45) is 2.82. The molecule has 2 heteroatoms. The van der Waals surface area contributed by atoms with E-state index in [0.29, 0.717) is 6.42 Å². The third-order valence-electron chi connectivity index (χ3n) is 1.50. The van der Waals surface area contributed by atoms with Crippen LogP contribution in [-0.2, 0) is 0 Å². The van der Waals surface area contributed by atoms with Crippen LogP contribution in [0, 0.1) is 0 Å². The maximum Gasteiger partial charge on any atom is 0.0564 e. The highest BCUT2D eigenvalue weighted by Gasteiger charge is 2.05. The molecule has 0 heterocycles. The van der Waals surface area contributed by atoms with Crippen LogP contribution in [0.15, 0.2) is 0 Å². The molecule has 0 saturated carbocycles. The minimum atomic E-state index is -0.369. The second-order valence-electron chi connectivity index (χ2n) is 2.88. The van der Waals surface area contributed by atoms with E-state index in [0.717, 1.165) is 19.3 Å². The Labute approximate surface area is 62.9 Å². The molecule has 2 atom stereocenters. The van der Waals surface area contributed by atoms with Crippen molar-refractivity contribution in [1.29, 1.82) is 0 Å². The van der Waals surface area contributed by atoms with Crippen molar-refractivity contribution in [3.05, 3.63) is 0 Å². The first-order valence-electron chi connectivity index (χ1n) is 4.03. The van der Waals surface area contributed by atoms with Gasteiger partial charge in [-0.05, 0) is 19.8 Å². The van der Waals surface area contributed by atoms with Crippen molar-refractivity contribution in [1.82, 2.24) is 0 Å². The van der Waals surface area contributed by atoms with Gasteiger partial charge in [0.25, 0.3) is 0 Å². The van der Waals surface area contributed by atoms with Gasteiger partial charge >= 0.3 is 0 Å². The van der Waals surface area contributed by atoms with Gasteiger partial charge in [0, 0.05) is 0 Å². The summed E-state index contributed by atoms with van der Waals surface area (Å²) in [6.45, 7) is 3.80. The first kappa shape index (κ1) is 9.92. The quantitative estimate of drug-likeness (QED) is 0.614. The number of unbranched alkanes of at least 4 members (excludes halogenated alkanes) is 1. The molecule has 0 fully saturated rings. The van der Waals surface area contributed by atoms with E-state index >= 15 is 0 Å². The van der Waals surface area contributed by atoms with Crippen LogP contribution in [0.4, 0.5) is 0 Å². The maximum absolute atomic E-state index is 9.19. The molecule has 0 bridgehead atoms. The summed E-state index contributed by atoms with van der Waals surface area (Å²) in [5.41, 5.74) is 0. The minimum Gasteiger partial charge on any atom is -0.393 e. The zero-order chi connectivity index (χ0) is 7.98. The average molecular weight is 146 g/mol. The highest BCUT2D eigenvalue weighted by atomic mass is 16.3. The molecule has 0 aliphatic heterocycles. The van der Waals surface area contributed by atoms with E-state index in [-0.39, 0.29) is 12.2 Å². The Morgan fingerprint density at radius 2 is 1.90 bits per heavy atom. The van der Waals surface area contributed by atoms with E-state index in [1.165, 1.54) is 0 Å². The molecule has 0 aliphatic rings. The summed E-state index contributed by atoms with van der Waals surface area (Å²) in [4.78, 5) is 0. The van der Waals surface area contributed by atoms with Gasteiger partial charge in [-0.3, -0.25) is 0 Å². The van der Waals surface area contributed by atoms with Crippen LogP contribution in [-0.4, -0.2) is 22.4 Å². The van der Waals surface area contributed by atoms with Gasteiger partial charge in [0.2, 0.25) is 0 Å². The van der Waals surface area contributed by atoms with Gasteiger partial charge in [-0.2, -0.15) is 0 Å². The van der Waals surface area contributed by atoms with Crippen molar-refractivity contribution in [3.8, 4) is 0 Å². The smallest absolute Gasteiger partial charge is 0.0564 e. The normalized spacial score (nSPS) is 16.8. The monoisotopic (exact) mass is 146 g/mol. The van der Waals surface area contributed by atoms with Gasteiger partial charge < -0.3 is 10.2 Å². The van der Waals surface area contributed by atoms with E-state index in [4.69, 9.17) is 5.11 Å². The fourth-order valence-corrected chi connectivity index (χ4v) is 0.951. The third-order valence-corrected chi connectivity index (χ3v) is 1.50. The maximum atomic E-state index is 9.19. The van der Waals surface area contributed by atoms with Crippen molar-refractivity contribution in [2.75, 3.05) is 0 Å². The van der Waals surface area contributed by atoms with Crippen LogP contribution in [0.25, 0.3) is 0 Å². The van der Waals surface area contributed by atoms with Gasteiger partial charge in [0.05, 0.1) is 12.2 Å². The van der Waals surface area contributed by atoms with Gasteiger partial charge in [-0.25, -0.2) is 0 Å². The van der Waals surface area contributed by atoms with E-state index in [9.17, 15) is 5.11 Å². The number of hydrogen-bond acceptors (Lipinski definition) is 2. The van der Waals surface area contributed by atoms with Crippen LogP contribution in [0.2, 0.25) is 0 Å². The second kappa shape index (κ2) is 5.69. The van der Waals surface area contributed by atoms with Crippen LogP contribution in [0.3, 0.4) is 0 Å². The third kappa shape index (κ3) is 6.05. The first-order valence-corrected chi connectivity index (χ1v) is 4.03. The standard InChI is InChI=1S/C8H18O2/c1-3-4-5-8(10)6-7(2)9/h7-10H,3-6H2,1-2H3. The Morgan fingerprint density at radius 1 is 1.30 bits per heavy atom. The highest BCUT2D eigenvalue weighted by Crippen LogP contribution is 2.05. The lowest BCUT2D eigenvalue weighted by atomic mass is 10.1. The van der Waals surface area contributed by atoms with Crippen molar-refractivity contribution < 1.29 is 10.2 Å². The lowest BCUT2D eigenvalue weighted by Gasteiger charge is -2.10. The summed E-state index contributed by atoms with van der Waals surface area (Å²) < 4.78 is 0. The molecule has 0 aromatic heterocycles. The van der Waals surface area contributed by atoms with E-state index in [1.54, 1.807) is 6.92 Å². The fraction of sp³-hybridized carbons (Fsp3) is 1.00.